The molecule has 1 unspecified atom stereocenters. The first-order valence-corrected chi connectivity index (χ1v) is 5.91. The lowest BCUT2D eigenvalue weighted by Crippen LogP contribution is -2.31. The second-order valence-corrected chi connectivity index (χ2v) is 4.42. The molecule has 0 fully saturated rings. The zero-order chi connectivity index (χ0) is 11.4. The van der Waals surface area contributed by atoms with Crippen LogP contribution in [0, 0.1) is 0 Å². The van der Waals surface area contributed by atoms with Crippen LogP contribution in [-0.2, 0) is 0 Å². The van der Waals surface area contributed by atoms with Crippen LogP contribution in [0.25, 0.3) is 0 Å². The van der Waals surface area contributed by atoms with Gasteiger partial charge in [0.1, 0.15) is 5.75 Å². The molecule has 0 amide bonds. The monoisotopic (exact) mass is 220 g/mol. The molecule has 0 saturated heterocycles. The van der Waals surface area contributed by atoms with Crippen LogP contribution < -0.4 is 10.5 Å². The van der Waals surface area contributed by atoms with Crippen molar-refractivity contribution in [3.05, 3.63) is 29.8 Å². The van der Waals surface area contributed by atoms with Crippen LogP contribution >= 0.6 is 0 Å². The largest absolute Gasteiger partial charge is 0.493 e. The van der Waals surface area contributed by atoms with E-state index in [1.807, 2.05) is 6.07 Å². The molecular weight excluding hydrogens is 200 g/mol. The molecule has 1 aliphatic heterocycles. The maximum Gasteiger partial charge on any atom is 0.122 e. The Hall–Kier alpha value is -1.06. The van der Waals surface area contributed by atoms with Crippen LogP contribution in [0.5, 0.6) is 5.75 Å². The Morgan fingerprint density at radius 1 is 1.44 bits per heavy atom. The predicted molar refractivity (Wildman–Crippen MR) is 65.8 cm³/mol. The van der Waals surface area contributed by atoms with Crippen molar-refractivity contribution in [2.24, 2.45) is 5.73 Å². The Labute approximate surface area is 97.2 Å². The lowest BCUT2D eigenvalue weighted by molar-refractivity contribution is 0.234. The molecule has 1 heterocycles. The molecule has 0 saturated carbocycles. The molecule has 88 valence electrons. The van der Waals surface area contributed by atoms with Gasteiger partial charge in [0.15, 0.2) is 0 Å². The molecule has 16 heavy (non-hydrogen) atoms. The Balaban J connectivity index is 2.07. The predicted octanol–water partition coefficient (Wildman–Crippen LogP) is 1.44. The summed E-state index contributed by atoms with van der Waals surface area (Å²) in [5, 5.41) is 0. The average molecular weight is 220 g/mol. The summed E-state index contributed by atoms with van der Waals surface area (Å²) < 4.78 is 5.65. The first-order valence-electron chi connectivity index (χ1n) is 5.91. The number of nitrogens with two attached hydrogens (primary N) is 1. The zero-order valence-electron chi connectivity index (χ0n) is 9.86. The molecule has 0 bridgehead atoms. The van der Waals surface area contributed by atoms with Gasteiger partial charge in [0.05, 0.1) is 6.61 Å². The van der Waals surface area contributed by atoms with E-state index < -0.39 is 0 Å². The van der Waals surface area contributed by atoms with Crippen molar-refractivity contribution in [2.75, 3.05) is 33.3 Å². The fraction of sp³-hybridized carbons (Fsp3) is 0.538. The molecule has 0 radical (unpaired) electrons. The minimum Gasteiger partial charge on any atom is -0.493 e. The van der Waals surface area contributed by atoms with Crippen molar-refractivity contribution in [3.8, 4) is 5.75 Å². The summed E-state index contributed by atoms with van der Waals surface area (Å²) in [5.41, 5.74) is 6.91. The van der Waals surface area contributed by atoms with Gasteiger partial charge in [-0.2, -0.15) is 0 Å². The van der Waals surface area contributed by atoms with Gasteiger partial charge in [-0.1, -0.05) is 18.2 Å². The molecular formula is C13H20N2O. The first kappa shape index (κ1) is 11.4. The summed E-state index contributed by atoms with van der Waals surface area (Å²) in [6.07, 6.45) is 1.10. The van der Waals surface area contributed by atoms with Crippen molar-refractivity contribution in [1.29, 1.82) is 0 Å². The Kier molecular flexibility index (Phi) is 3.80. The number of hydrogen-bond acceptors (Lipinski definition) is 3. The summed E-state index contributed by atoms with van der Waals surface area (Å²) >= 11 is 0. The van der Waals surface area contributed by atoms with E-state index in [1.165, 1.54) is 5.56 Å². The molecule has 1 aromatic rings. The van der Waals surface area contributed by atoms with E-state index in [0.29, 0.717) is 5.92 Å². The summed E-state index contributed by atoms with van der Waals surface area (Å²) in [4.78, 5) is 2.30. The van der Waals surface area contributed by atoms with Crippen molar-refractivity contribution in [3.63, 3.8) is 0 Å². The molecule has 0 spiro atoms. The summed E-state index contributed by atoms with van der Waals surface area (Å²) in [7, 11) is 2.13. The number of ether oxygens (including phenoxy) is 1. The van der Waals surface area contributed by atoms with E-state index in [1.54, 1.807) is 0 Å². The maximum absolute atomic E-state index is 5.65. The third kappa shape index (κ3) is 2.54. The summed E-state index contributed by atoms with van der Waals surface area (Å²) in [6.45, 7) is 3.58. The van der Waals surface area contributed by atoms with Crippen LogP contribution in [0.2, 0.25) is 0 Å². The molecule has 2 rings (SSSR count). The molecule has 1 aliphatic rings. The van der Waals surface area contributed by atoms with Gasteiger partial charge in [-0.3, -0.25) is 0 Å². The van der Waals surface area contributed by atoms with Crippen LogP contribution in [0.1, 0.15) is 17.9 Å². The smallest absolute Gasteiger partial charge is 0.122 e. The summed E-state index contributed by atoms with van der Waals surface area (Å²) in [6, 6.07) is 8.36. The van der Waals surface area contributed by atoms with Gasteiger partial charge in [-0.15, -0.1) is 0 Å². The number of fused-ring (bicyclic) bond motifs is 1. The van der Waals surface area contributed by atoms with E-state index in [4.69, 9.17) is 10.5 Å². The van der Waals surface area contributed by atoms with Crippen LogP contribution in [0.3, 0.4) is 0 Å². The normalized spacial score (nSPS) is 19.3. The highest BCUT2D eigenvalue weighted by Crippen LogP contribution is 2.33. The lowest BCUT2D eigenvalue weighted by atomic mass is 9.93. The Morgan fingerprint density at radius 2 is 2.25 bits per heavy atom. The van der Waals surface area contributed by atoms with E-state index in [9.17, 15) is 0 Å². The van der Waals surface area contributed by atoms with Gasteiger partial charge < -0.3 is 15.4 Å². The fourth-order valence-corrected chi connectivity index (χ4v) is 2.29. The standard InChI is InChI=1S/C13H20N2O/c1-15(8-7-14)10-11-6-9-16-13-5-3-2-4-12(11)13/h2-5,11H,6-10,14H2,1H3. The quantitative estimate of drug-likeness (QED) is 0.834. The van der Waals surface area contributed by atoms with E-state index in [-0.39, 0.29) is 0 Å². The molecule has 1 aromatic carbocycles. The van der Waals surface area contributed by atoms with E-state index >= 15 is 0 Å². The highest BCUT2D eigenvalue weighted by atomic mass is 16.5. The van der Waals surface area contributed by atoms with Gasteiger partial charge in [0.2, 0.25) is 0 Å². The van der Waals surface area contributed by atoms with Gasteiger partial charge in [0.25, 0.3) is 0 Å². The van der Waals surface area contributed by atoms with Crippen LogP contribution in [0.15, 0.2) is 24.3 Å². The topological polar surface area (TPSA) is 38.5 Å². The van der Waals surface area contributed by atoms with E-state index in [0.717, 1.165) is 38.4 Å². The van der Waals surface area contributed by atoms with Gasteiger partial charge in [-0.05, 0) is 25.1 Å². The lowest BCUT2D eigenvalue weighted by Gasteiger charge is -2.29. The van der Waals surface area contributed by atoms with Crippen molar-refractivity contribution in [1.82, 2.24) is 4.90 Å². The second kappa shape index (κ2) is 5.32. The fourth-order valence-electron chi connectivity index (χ4n) is 2.29. The second-order valence-electron chi connectivity index (χ2n) is 4.42. The molecule has 1 atom stereocenters. The highest BCUT2D eigenvalue weighted by Gasteiger charge is 2.21. The number of para-hydroxylation sites is 1. The SMILES string of the molecule is CN(CCN)CC1CCOc2ccccc21. The Morgan fingerprint density at radius 3 is 3.06 bits per heavy atom. The van der Waals surface area contributed by atoms with Crippen LogP contribution in [0.4, 0.5) is 0 Å². The summed E-state index contributed by atoms with van der Waals surface area (Å²) in [5.74, 6) is 1.64. The third-order valence-electron chi connectivity index (χ3n) is 3.13. The molecule has 0 aromatic heterocycles. The van der Waals surface area contributed by atoms with Crippen molar-refractivity contribution >= 4 is 0 Å². The molecule has 3 heteroatoms. The van der Waals surface area contributed by atoms with Crippen LogP contribution in [-0.4, -0.2) is 38.2 Å². The average Bonchev–Trinajstić information content (AvgIpc) is 2.30. The number of nitrogens with zero attached hydrogens (tertiary/aromatic N) is 1. The molecule has 2 N–H and O–H groups in total. The number of likely N-dealkylation sites (N-methyl/N-ethyl adjacent to an activating group) is 1. The van der Waals surface area contributed by atoms with Crippen molar-refractivity contribution < 1.29 is 4.74 Å². The number of benzene rings is 1. The highest BCUT2D eigenvalue weighted by molar-refractivity contribution is 5.37. The number of hydrogen-bond donors (Lipinski definition) is 1. The van der Waals surface area contributed by atoms with E-state index in [2.05, 4.69) is 30.1 Å². The Bertz CT molecular complexity index is 340. The number of rotatable bonds is 4. The minimum absolute atomic E-state index is 0.585. The first-order chi connectivity index (χ1) is 7.81. The van der Waals surface area contributed by atoms with Gasteiger partial charge in [-0.25, -0.2) is 0 Å². The van der Waals surface area contributed by atoms with Gasteiger partial charge >= 0.3 is 0 Å². The van der Waals surface area contributed by atoms with Gasteiger partial charge in [0, 0.05) is 25.6 Å². The zero-order valence-corrected chi connectivity index (χ0v) is 9.86. The molecule has 3 nitrogen and oxygen atoms in total. The minimum atomic E-state index is 0.585. The van der Waals surface area contributed by atoms with Crippen molar-refractivity contribution in [2.45, 2.75) is 12.3 Å². The third-order valence-corrected chi connectivity index (χ3v) is 3.13. The molecule has 0 aliphatic carbocycles. The maximum atomic E-state index is 5.65.